The summed E-state index contributed by atoms with van der Waals surface area (Å²) < 4.78 is 12.3. The van der Waals surface area contributed by atoms with Gasteiger partial charge in [-0.05, 0) is 18.9 Å². The Morgan fingerprint density at radius 1 is 1.67 bits per heavy atom. The second-order valence-corrected chi connectivity index (χ2v) is 1.97. The first-order valence-corrected chi connectivity index (χ1v) is 3.22. The van der Waals surface area contributed by atoms with Crippen LogP contribution in [0.3, 0.4) is 0 Å². The van der Waals surface area contributed by atoms with Crippen LogP contribution in [0, 0.1) is 0 Å². The third kappa shape index (κ3) is 3.07. The van der Waals surface area contributed by atoms with Gasteiger partial charge >= 0.3 is 0 Å². The molecule has 0 bridgehead atoms. The summed E-state index contributed by atoms with van der Waals surface area (Å²) in [6, 6.07) is 0. The van der Waals surface area contributed by atoms with Gasteiger partial charge < -0.3 is 0 Å². The lowest BCUT2D eigenvalue weighted by Crippen LogP contribution is -1.80. The van der Waals surface area contributed by atoms with Crippen molar-refractivity contribution in [3.05, 3.63) is 24.1 Å². The first kappa shape index (κ1) is 8.41. The molecular weight excluding hydrogens is 115 g/mol. The smallest absolute Gasteiger partial charge is 0.118 e. The van der Waals surface area contributed by atoms with E-state index in [2.05, 4.69) is 6.58 Å². The molecule has 0 saturated heterocycles. The number of allylic oxidation sites excluding steroid dienone is 3. The van der Waals surface area contributed by atoms with Crippen molar-refractivity contribution in [1.29, 1.82) is 0 Å². The Kier molecular flexibility index (Phi) is 4.02. The summed E-state index contributed by atoms with van der Waals surface area (Å²) in [7, 11) is 0. The Hall–Kier alpha value is -0.590. The molecule has 0 aliphatic heterocycles. The predicted octanol–water partition coefficient (Wildman–Crippen LogP) is 3.22. The number of hydrogen-bond acceptors (Lipinski definition) is 0. The average molecular weight is 128 g/mol. The molecule has 1 heteroatoms. The molecule has 0 N–H and O–H groups in total. The largest absolute Gasteiger partial charge is 0.207 e. The van der Waals surface area contributed by atoms with Crippen LogP contribution in [0.2, 0.25) is 0 Å². The Labute approximate surface area is 56.1 Å². The van der Waals surface area contributed by atoms with E-state index in [0.29, 0.717) is 0 Å². The minimum atomic E-state index is -0.292. The maximum Gasteiger partial charge on any atom is 0.118 e. The third-order valence-corrected chi connectivity index (χ3v) is 1.22. The minimum absolute atomic E-state index is 0.292. The molecule has 0 aromatic heterocycles. The average Bonchev–Trinajstić information content (AvgIpc) is 1.82. The highest BCUT2D eigenvalue weighted by Crippen LogP contribution is 2.14. The zero-order chi connectivity index (χ0) is 7.28. The zero-order valence-electron chi connectivity index (χ0n) is 6.08. The summed E-state index contributed by atoms with van der Waals surface area (Å²) in [5.41, 5.74) is 0.734. The van der Waals surface area contributed by atoms with Gasteiger partial charge in [0.15, 0.2) is 0 Å². The Bertz CT molecular complexity index is 123. The lowest BCUT2D eigenvalue weighted by Gasteiger charge is -1.98. The van der Waals surface area contributed by atoms with Crippen molar-refractivity contribution in [3.63, 3.8) is 0 Å². The highest BCUT2D eigenvalue weighted by atomic mass is 19.1. The second kappa shape index (κ2) is 4.30. The molecule has 52 valence electrons. The van der Waals surface area contributed by atoms with E-state index in [9.17, 15) is 4.39 Å². The summed E-state index contributed by atoms with van der Waals surface area (Å²) in [4.78, 5) is 0. The summed E-state index contributed by atoms with van der Waals surface area (Å²) in [5, 5.41) is 0. The van der Waals surface area contributed by atoms with Gasteiger partial charge in [0.1, 0.15) is 5.83 Å². The summed E-state index contributed by atoms with van der Waals surface area (Å²) in [5.74, 6) is -0.292. The molecule has 0 aromatic rings. The first-order chi connectivity index (χ1) is 4.22. The molecule has 0 fully saturated rings. The molecule has 0 rings (SSSR count). The van der Waals surface area contributed by atoms with Gasteiger partial charge in [0.05, 0.1) is 0 Å². The van der Waals surface area contributed by atoms with Gasteiger partial charge in [0, 0.05) is 0 Å². The van der Waals surface area contributed by atoms with Crippen molar-refractivity contribution < 1.29 is 4.39 Å². The zero-order valence-corrected chi connectivity index (χ0v) is 6.08. The van der Waals surface area contributed by atoms with Gasteiger partial charge in [-0.15, -0.1) is 0 Å². The van der Waals surface area contributed by atoms with E-state index in [0.717, 1.165) is 18.4 Å². The van der Waals surface area contributed by atoms with Gasteiger partial charge in [-0.25, -0.2) is 4.39 Å². The van der Waals surface area contributed by atoms with Crippen LogP contribution in [-0.4, -0.2) is 0 Å². The van der Waals surface area contributed by atoms with Crippen molar-refractivity contribution in [3.8, 4) is 0 Å². The molecule has 0 unspecified atom stereocenters. The topological polar surface area (TPSA) is 0 Å². The normalized spacial score (nSPS) is 11.7. The SMILES string of the molecule is C=C(F)/C(=C\C)CCC. The fraction of sp³-hybridized carbons (Fsp3) is 0.500. The molecule has 0 nitrogen and oxygen atoms in total. The number of halogens is 1. The van der Waals surface area contributed by atoms with Crippen molar-refractivity contribution >= 4 is 0 Å². The van der Waals surface area contributed by atoms with Crippen LogP contribution in [0.4, 0.5) is 4.39 Å². The molecular formula is C8H13F. The first-order valence-electron chi connectivity index (χ1n) is 3.22. The Morgan fingerprint density at radius 3 is 2.33 bits per heavy atom. The van der Waals surface area contributed by atoms with Crippen molar-refractivity contribution in [2.45, 2.75) is 26.7 Å². The van der Waals surface area contributed by atoms with E-state index >= 15 is 0 Å². The highest BCUT2D eigenvalue weighted by molar-refractivity contribution is 5.21. The van der Waals surface area contributed by atoms with Crippen LogP contribution in [-0.2, 0) is 0 Å². The van der Waals surface area contributed by atoms with Crippen LogP contribution in [0.1, 0.15) is 26.7 Å². The fourth-order valence-corrected chi connectivity index (χ4v) is 0.706. The van der Waals surface area contributed by atoms with Crippen LogP contribution < -0.4 is 0 Å². The molecule has 0 radical (unpaired) electrons. The lowest BCUT2D eigenvalue weighted by atomic mass is 10.1. The van der Waals surface area contributed by atoms with Crippen LogP contribution in [0.25, 0.3) is 0 Å². The maximum absolute atomic E-state index is 12.3. The Balaban J connectivity index is 3.85. The summed E-state index contributed by atoms with van der Waals surface area (Å²) in [6.45, 7) is 7.06. The maximum atomic E-state index is 12.3. The van der Waals surface area contributed by atoms with Gasteiger partial charge in [0.2, 0.25) is 0 Å². The molecule has 0 amide bonds. The third-order valence-electron chi connectivity index (χ3n) is 1.22. The lowest BCUT2D eigenvalue weighted by molar-refractivity contribution is 0.639. The fourth-order valence-electron chi connectivity index (χ4n) is 0.706. The standard InChI is InChI=1S/C8H13F/c1-4-6-8(5-2)7(3)9/h5H,3-4,6H2,1-2H3/b8-5-. The van der Waals surface area contributed by atoms with Crippen molar-refractivity contribution in [1.82, 2.24) is 0 Å². The van der Waals surface area contributed by atoms with Crippen molar-refractivity contribution in [2.24, 2.45) is 0 Å². The van der Waals surface area contributed by atoms with Crippen LogP contribution in [0.5, 0.6) is 0 Å². The van der Waals surface area contributed by atoms with E-state index in [1.54, 1.807) is 6.08 Å². The highest BCUT2D eigenvalue weighted by Gasteiger charge is 1.96. The molecule has 0 saturated carbocycles. The molecule has 0 aromatic carbocycles. The van der Waals surface area contributed by atoms with E-state index in [1.165, 1.54) is 0 Å². The van der Waals surface area contributed by atoms with E-state index in [4.69, 9.17) is 0 Å². The summed E-state index contributed by atoms with van der Waals surface area (Å²) >= 11 is 0. The second-order valence-electron chi connectivity index (χ2n) is 1.97. The predicted molar refractivity (Wildman–Crippen MR) is 38.9 cm³/mol. The molecule has 0 spiro atoms. The van der Waals surface area contributed by atoms with E-state index in [1.807, 2.05) is 13.8 Å². The molecule has 0 aliphatic carbocycles. The van der Waals surface area contributed by atoms with E-state index in [-0.39, 0.29) is 5.83 Å². The van der Waals surface area contributed by atoms with Gasteiger partial charge in [-0.3, -0.25) is 0 Å². The van der Waals surface area contributed by atoms with Crippen LogP contribution >= 0.6 is 0 Å². The number of hydrogen-bond donors (Lipinski definition) is 0. The Morgan fingerprint density at radius 2 is 2.22 bits per heavy atom. The minimum Gasteiger partial charge on any atom is -0.207 e. The van der Waals surface area contributed by atoms with Crippen LogP contribution in [0.15, 0.2) is 24.1 Å². The monoisotopic (exact) mass is 128 g/mol. The molecule has 0 heterocycles. The van der Waals surface area contributed by atoms with Gasteiger partial charge in [-0.2, -0.15) is 0 Å². The quantitative estimate of drug-likeness (QED) is 0.512. The van der Waals surface area contributed by atoms with Gasteiger partial charge in [0.25, 0.3) is 0 Å². The summed E-state index contributed by atoms with van der Waals surface area (Å²) in [6.07, 6.45) is 3.54. The molecule has 0 aliphatic rings. The number of rotatable bonds is 3. The van der Waals surface area contributed by atoms with E-state index < -0.39 is 0 Å². The van der Waals surface area contributed by atoms with Gasteiger partial charge in [-0.1, -0.05) is 26.0 Å². The van der Waals surface area contributed by atoms with Crippen molar-refractivity contribution in [2.75, 3.05) is 0 Å². The molecule has 9 heavy (non-hydrogen) atoms. The molecule has 0 atom stereocenters.